The van der Waals surface area contributed by atoms with Gasteiger partial charge in [-0.25, -0.2) is 5.43 Å². The van der Waals surface area contributed by atoms with Gasteiger partial charge in [-0.2, -0.15) is 5.10 Å². The molecule has 2 amide bonds. The highest BCUT2D eigenvalue weighted by atomic mass is 35.5. The fraction of sp³-hybridized carbons (Fsp3) is 0.222. The summed E-state index contributed by atoms with van der Waals surface area (Å²) >= 11 is 12.4. The largest absolute Gasteiger partial charge is 0.490 e. The van der Waals surface area contributed by atoms with Crippen LogP contribution in [0.4, 0.5) is 5.69 Å². The van der Waals surface area contributed by atoms with Crippen molar-refractivity contribution in [3.63, 3.8) is 0 Å². The number of nitrogens with one attached hydrogen (secondary N) is 2. The van der Waals surface area contributed by atoms with Gasteiger partial charge in [0.25, 0.3) is 11.8 Å². The maximum Gasteiger partial charge on any atom is 0.271 e. The molecule has 0 aliphatic heterocycles. The van der Waals surface area contributed by atoms with Crippen LogP contribution in [0.5, 0.6) is 17.2 Å². The van der Waals surface area contributed by atoms with E-state index >= 15 is 0 Å². The number of benzene rings is 3. The minimum atomic E-state index is -0.410. The van der Waals surface area contributed by atoms with Crippen molar-refractivity contribution < 1.29 is 23.8 Å². The zero-order chi connectivity index (χ0) is 26.8. The third-order valence-corrected chi connectivity index (χ3v) is 5.66. The summed E-state index contributed by atoms with van der Waals surface area (Å²) in [5, 5.41) is 7.55. The molecule has 0 heterocycles. The lowest BCUT2D eigenvalue weighted by atomic mass is 10.2. The van der Waals surface area contributed by atoms with Gasteiger partial charge in [-0.05, 0) is 80.4 Å². The van der Waals surface area contributed by atoms with Crippen molar-refractivity contribution in [2.75, 3.05) is 25.1 Å². The molecule has 2 N–H and O–H groups in total. The fourth-order valence-electron chi connectivity index (χ4n) is 3.15. The second-order valence-electron chi connectivity index (χ2n) is 7.72. The molecule has 3 aromatic carbocycles. The highest BCUT2D eigenvalue weighted by Crippen LogP contribution is 2.29. The topological polar surface area (TPSA) is 98.3 Å². The van der Waals surface area contributed by atoms with Gasteiger partial charge in [0.15, 0.2) is 18.1 Å². The van der Waals surface area contributed by atoms with Crippen LogP contribution in [0.25, 0.3) is 0 Å². The fourth-order valence-corrected chi connectivity index (χ4v) is 3.57. The molecule has 0 bridgehead atoms. The van der Waals surface area contributed by atoms with Crippen molar-refractivity contribution >= 4 is 46.9 Å². The lowest BCUT2D eigenvalue weighted by Crippen LogP contribution is -2.20. The van der Waals surface area contributed by atoms with Crippen molar-refractivity contribution in [3.05, 3.63) is 81.3 Å². The Balaban J connectivity index is 1.55. The summed E-state index contributed by atoms with van der Waals surface area (Å²) in [4.78, 5) is 24.7. The van der Waals surface area contributed by atoms with E-state index in [2.05, 4.69) is 15.8 Å². The number of aryl methyl sites for hydroxylation is 1. The molecule has 0 radical (unpaired) electrons. The Bertz CT molecular complexity index is 1300. The summed E-state index contributed by atoms with van der Waals surface area (Å²) in [5.74, 6) is 0.620. The van der Waals surface area contributed by atoms with Gasteiger partial charge in [0, 0.05) is 16.3 Å². The molecule has 3 aromatic rings. The predicted molar refractivity (Wildman–Crippen MR) is 146 cm³/mol. The molecule has 0 saturated heterocycles. The highest BCUT2D eigenvalue weighted by molar-refractivity contribution is 6.32. The van der Waals surface area contributed by atoms with E-state index < -0.39 is 5.91 Å². The molecule has 0 fully saturated rings. The Hall–Kier alpha value is -3.75. The first-order chi connectivity index (χ1) is 17.8. The Morgan fingerprint density at radius 1 is 0.865 bits per heavy atom. The van der Waals surface area contributed by atoms with Crippen molar-refractivity contribution in [2.24, 2.45) is 5.10 Å². The van der Waals surface area contributed by atoms with Gasteiger partial charge >= 0.3 is 0 Å². The van der Waals surface area contributed by atoms with Gasteiger partial charge in [-0.3, -0.25) is 9.59 Å². The van der Waals surface area contributed by atoms with E-state index in [0.29, 0.717) is 52.3 Å². The Morgan fingerprint density at radius 2 is 1.59 bits per heavy atom. The first kappa shape index (κ1) is 27.8. The first-order valence-corrected chi connectivity index (χ1v) is 12.3. The monoisotopic (exact) mass is 543 g/mol. The Labute approximate surface area is 225 Å². The summed E-state index contributed by atoms with van der Waals surface area (Å²) in [5.41, 5.74) is 4.95. The summed E-state index contributed by atoms with van der Waals surface area (Å²) in [6.07, 6.45) is 1.44. The molecule has 0 atom stereocenters. The number of hydrazone groups is 1. The van der Waals surface area contributed by atoms with Crippen LogP contribution in [0, 0.1) is 6.92 Å². The number of nitrogens with zero attached hydrogens (tertiary/aromatic N) is 1. The van der Waals surface area contributed by atoms with Gasteiger partial charge in [-0.15, -0.1) is 0 Å². The average molecular weight is 544 g/mol. The molecule has 3 rings (SSSR count). The zero-order valence-corrected chi connectivity index (χ0v) is 22.2. The maximum atomic E-state index is 12.5. The first-order valence-electron chi connectivity index (χ1n) is 11.5. The molecule has 194 valence electrons. The Morgan fingerprint density at radius 3 is 2.30 bits per heavy atom. The average Bonchev–Trinajstić information content (AvgIpc) is 2.87. The number of ether oxygens (including phenoxy) is 3. The third-order valence-electron chi connectivity index (χ3n) is 4.96. The second-order valence-corrected chi connectivity index (χ2v) is 8.53. The molecule has 0 aromatic heterocycles. The van der Waals surface area contributed by atoms with Gasteiger partial charge in [-0.1, -0.05) is 29.3 Å². The number of halogens is 2. The normalized spacial score (nSPS) is 10.7. The number of carbonyl (C=O) groups excluding carboxylic acids is 2. The summed E-state index contributed by atoms with van der Waals surface area (Å²) < 4.78 is 16.6. The van der Waals surface area contributed by atoms with Gasteiger partial charge in [0.05, 0.1) is 24.5 Å². The number of rotatable bonds is 11. The minimum absolute atomic E-state index is 0.236. The van der Waals surface area contributed by atoms with Crippen LogP contribution in [-0.2, 0) is 4.79 Å². The molecular formula is C27H27Cl2N3O5. The van der Waals surface area contributed by atoms with Crippen molar-refractivity contribution in [3.8, 4) is 17.2 Å². The molecule has 37 heavy (non-hydrogen) atoms. The van der Waals surface area contributed by atoms with E-state index in [1.807, 2.05) is 26.8 Å². The van der Waals surface area contributed by atoms with E-state index in [1.54, 1.807) is 48.5 Å². The quantitative estimate of drug-likeness (QED) is 0.232. The molecule has 0 aliphatic carbocycles. The third kappa shape index (κ3) is 8.13. The van der Waals surface area contributed by atoms with Crippen LogP contribution in [0.1, 0.15) is 35.3 Å². The number of carbonyl (C=O) groups is 2. The molecule has 0 unspecified atom stereocenters. The van der Waals surface area contributed by atoms with E-state index in [1.165, 1.54) is 6.21 Å². The van der Waals surface area contributed by atoms with Gasteiger partial charge in [0.2, 0.25) is 0 Å². The SMILES string of the molecule is CCOc1ccc(C(=O)N/N=C/c2ccc(OCC(=O)Nc3ccc(C)c(Cl)c3)c(Cl)c2)cc1OCC. The number of hydrogen-bond donors (Lipinski definition) is 2. The lowest BCUT2D eigenvalue weighted by molar-refractivity contribution is -0.118. The molecule has 0 aliphatic rings. The summed E-state index contributed by atoms with van der Waals surface area (Å²) in [7, 11) is 0. The van der Waals surface area contributed by atoms with Crippen LogP contribution in [0.15, 0.2) is 59.7 Å². The van der Waals surface area contributed by atoms with E-state index in [0.717, 1.165) is 5.56 Å². The van der Waals surface area contributed by atoms with Crippen LogP contribution in [0.3, 0.4) is 0 Å². The highest BCUT2D eigenvalue weighted by Gasteiger charge is 2.12. The summed E-state index contributed by atoms with van der Waals surface area (Å²) in [6, 6.07) is 15.1. The number of anilines is 1. The van der Waals surface area contributed by atoms with Crippen molar-refractivity contribution in [1.29, 1.82) is 0 Å². The molecular weight excluding hydrogens is 517 g/mol. The maximum absolute atomic E-state index is 12.5. The van der Waals surface area contributed by atoms with Crippen LogP contribution >= 0.6 is 23.2 Å². The summed E-state index contributed by atoms with van der Waals surface area (Å²) in [6.45, 7) is 6.29. The van der Waals surface area contributed by atoms with Gasteiger partial charge < -0.3 is 19.5 Å². The van der Waals surface area contributed by atoms with E-state index in [9.17, 15) is 9.59 Å². The lowest BCUT2D eigenvalue weighted by Gasteiger charge is -2.11. The number of hydrogen-bond acceptors (Lipinski definition) is 6. The van der Waals surface area contributed by atoms with Crippen LogP contribution in [0.2, 0.25) is 10.0 Å². The molecule has 8 nitrogen and oxygen atoms in total. The van der Waals surface area contributed by atoms with E-state index in [4.69, 9.17) is 37.4 Å². The van der Waals surface area contributed by atoms with Crippen LogP contribution in [-0.4, -0.2) is 37.8 Å². The second kappa shape index (κ2) is 13.5. The smallest absolute Gasteiger partial charge is 0.271 e. The molecule has 10 heteroatoms. The Kier molecular flexibility index (Phi) is 10.2. The standard InChI is InChI=1S/C27H27Cl2N3O5/c1-4-35-24-11-8-19(13-25(24)36-5-2)27(34)32-30-15-18-7-10-23(22(29)12-18)37-16-26(33)31-20-9-6-17(3)21(28)14-20/h6-15H,4-5,16H2,1-3H3,(H,31,33)(H,32,34)/b30-15+. The predicted octanol–water partition coefficient (Wildman–Crippen LogP) is 5.88. The number of amides is 2. The van der Waals surface area contributed by atoms with Gasteiger partial charge in [0.1, 0.15) is 5.75 Å². The van der Waals surface area contributed by atoms with E-state index in [-0.39, 0.29) is 17.5 Å². The van der Waals surface area contributed by atoms with Crippen LogP contribution < -0.4 is 25.0 Å². The minimum Gasteiger partial charge on any atom is -0.490 e. The molecule has 0 spiro atoms. The van der Waals surface area contributed by atoms with Crippen molar-refractivity contribution in [1.82, 2.24) is 5.43 Å². The molecule has 0 saturated carbocycles. The zero-order valence-electron chi connectivity index (χ0n) is 20.6. The van der Waals surface area contributed by atoms with Crippen molar-refractivity contribution in [2.45, 2.75) is 20.8 Å².